The van der Waals surface area contributed by atoms with Crippen LogP contribution in [0.4, 0.5) is 0 Å². The lowest BCUT2D eigenvalue weighted by Crippen LogP contribution is -2.47. The summed E-state index contributed by atoms with van der Waals surface area (Å²) < 4.78 is 4.77. The number of guanidine groups is 1. The maximum Gasteiger partial charge on any atom is 0.328 e. The molecule has 0 bridgehead atoms. The molecule has 0 aliphatic rings. The number of hydrogen-bond acceptors (Lipinski definition) is 5. The number of esters is 1. The highest BCUT2D eigenvalue weighted by Crippen LogP contribution is 1.97. The van der Waals surface area contributed by atoms with Crippen molar-refractivity contribution in [2.75, 3.05) is 13.2 Å². The zero-order valence-electron chi connectivity index (χ0n) is 11.4. The molecule has 7 N–H and O–H groups in total. The van der Waals surface area contributed by atoms with Gasteiger partial charge in [-0.15, -0.1) is 0 Å². The predicted molar refractivity (Wildman–Crippen MR) is 72.1 cm³/mol. The van der Waals surface area contributed by atoms with Crippen LogP contribution in [-0.2, 0) is 14.3 Å². The standard InChI is InChI=1S/C11H23N5O3/c1-3-19-10(18)7(2)16-9(17)8(12)5-4-6-15-11(13)14/h7-8H,3-6,12H2,1-2H3,(H,16,17)(H4,13,14,15)/t7-,8-/m0/s1. The van der Waals surface area contributed by atoms with Crippen molar-refractivity contribution in [2.24, 2.45) is 22.2 Å². The van der Waals surface area contributed by atoms with Gasteiger partial charge in [-0.1, -0.05) is 0 Å². The van der Waals surface area contributed by atoms with Gasteiger partial charge in [-0.25, -0.2) is 4.79 Å². The van der Waals surface area contributed by atoms with Crippen LogP contribution in [0.3, 0.4) is 0 Å². The van der Waals surface area contributed by atoms with E-state index in [0.29, 0.717) is 19.4 Å². The van der Waals surface area contributed by atoms with Gasteiger partial charge < -0.3 is 27.3 Å². The average Bonchev–Trinajstić information content (AvgIpc) is 2.34. The Hall–Kier alpha value is -1.83. The van der Waals surface area contributed by atoms with E-state index in [0.717, 1.165) is 0 Å². The van der Waals surface area contributed by atoms with Crippen LogP contribution in [0, 0.1) is 0 Å². The van der Waals surface area contributed by atoms with Gasteiger partial charge in [-0.2, -0.15) is 0 Å². The van der Waals surface area contributed by atoms with Gasteiger partial charge in [-0.05, 0) is 26.7 Å². The minimum Gasteiger partial charge on any atom is -0.464 e. The molecule has 0 radical (unpaired) electrons. The minimum absolute atomic E-state index is 0.00829. The zero-order valence-corrected chi connectivity index (χ0v) is 11.4. The fourth-order valence-electron chi connectivity index (χ4n) is 1.30. The summed E-state index contributed by atoms with van der Waals surface area (Å²) in [6.07, 6.45) is 1.01. The molecular weight excluding hydrogens is 250 g/mol. The second-order valence-electron chi connectivity index (χ2n) is 4.04. The summed E-state index contributed by atoms with van der Waals surface area (Å²) >= 11 is 0. The summed E-state index contributed by atoms with van der Waals surface area (Å²) in [7, 11) is 0. The number of nitrogens with one attached hydrogen (secondary N) is 1. The van der Waals surface area contributed by atoms with Crippen LogP contribution in [0.25, 0.3) is 0 Å². The van der Waals surface area contributed by atoms with Crippen LogP contribution in [0.2, 0.25) is 0 Å². The van der Waals surface area contributed by atoms with E-state index in [1.807, 2.05) is 0 Å². The first-order valence-electron chi connectivity index (χ1n) is 6.16. The van der Waals surface area contributed by atoms with Crippen LogP contribution >= 0.6 is 0 Å². The fourth-order valence-corrected chi connectivity index (χ4v) is 1.30. The third-order valence-corrected chi connectivity index (χ3v) is 2.30. The van der Waals surface area contributed by atoms with Crippen molar-refractivity contribution in [1.82, 2.24) is 5.32 Å². The molecule has 0 saturated carbocycles. The zero-order chi connectivity index (χ0) is 14.8. The third kappa shape index (κ3) is 7.98. The molecule has 0 rings (SSSR count). The molecule has 0 aliphatic heterocycles. The molecule has 19 heavy (non-hydrogen) atoms. The van der Waals surface area contributed by atoms with E-state index in [1.54, 1.807) is 13.8 Å². The number of ether oxygens (including phenoxy) is 1. The number of aliphatic imine (C=N–C) groups is 1. The Morgan fingerprint density at radius 2 is 2.00 bits per heavy atom. The molecule has 0 fully saturated rings. The van der Waals surface area contributed by atoms with E-state index >= 15 is 0 Å². The van der Waals surface area contributed by atoms with Crippen molar-refractivity contribution in [3.8, 4) is 0 Å². The molecule has 0 saturated heterocycles. The van der Waals surface area contributed by atoms with Gasteiger partial charge >= 0.3 is 5.97 Å². The molecule has 0 aromatic carbocycles. The molecule has 0 heterocycles. The van der Waals surface area contributed by atoms with E-state index in [2.05, 4.69) is 10.3 Å². The number of rotatable bonds is 8. The molecule has 1 amide bonds. The number of nitrogens with zero attached hydrogens (tertiary/aromatic N) is 1. The van der Waals surface area contributed by atoms with Crippen LogP contribution in [0.15, 0.2) is 4.99 Å². The first kappa shape index (κ1) is 17.2. The normalized spacial score (nSPS) is 13.2. The predicted octanol–water partition coefficient (Wildman–Crippen LogP) is -1.56. The summed E-state index contributed by atoms with van der Waals surface area (Å²) in [5, 5.41) is 2.49. The smallest absolute Gasteiger partial charge is 0.328 e. The van der Waals surface area contributed by atoms with E-state index < -0.39 is 24.0 Å². The Morgan fingerprint density at radius 3 is 2.53 bits per heavy atom. The average molecular weight is 273 g/mol. The summed E-state index contributed by atoms with van der Waals surface area (Å²) in [6.45, 7) is 3.92. The number of carbonyl (C=O) groups excluding carboxylic acids is 2. The van der Waals surface area contributed by atoms with Gasteiger partial charge in [0.05, 0.1) is 12.6 Å². The molecule has 0 aromatic rings. The monoisotopic (exact) mass is 273 g/mol. The number of amides is 1. The molecule has 0 aromatic heterocycles. The topological polar surface area (TPSA) is 146 Å². The molecule has 0 aliphatic carbocycles. The van der Waals surface area contributed by atoms with Crippen LogP contribution in [-0.4, -0.2) is 43.1 Å². The largest absolute Gasteiger partial charge is 0.464 e. The second kappa shape index (κ2) is 9.15. The molecular formula is C11H23N5O3. The van der Waals surface area contributed by atoms with Gasteiger partial charge in [0.2, 0.25) is 5.91 Å². The minimum atomic E-state index is -0.712. The van der Waals surface area contributed by atoms with Gasteiger partial charge in [0, 0.05) is 6.54 Å². The van der Waals surface area contributed by atoms with Crippen molar-refractivity contribution in [3.63, 3.8) is 0 Å². The van der Waals surface area contributed by atoms with Crippen LogP contribution in [0.1, 0.15) is 26.7 Å². The molecule has 110 valence electrons. The van der Waals surface area contributed by atoms with Crippen molar-refractivity contribution in [1.29, 1.82) is 0 Å². The first-order valence-corrected chi connectivity index (χ1v) is 6.16. The van der Waals surface area contributed by atoms with Crippen molar-refractivity contribution in [2.45, 2.75) is 38.8 Å². The lowest BCUT2D eigenvalue weighted by atomic mass is 10.1. The van der Waals surface area contributed by atoms with Crippen molar-refractivity contribution >= 4 is 17.8 Å². The van der Waals surface area contributed by atoms with Crippen molar-refractivity contribution in [3.05, 3.63) is 0 Å². The Labute approximate surface area is 112 Å². The maximum atomic E-state index is 11.7. The molecule has 2 atom stereocenters. The van der Waals surface area contributed by atoms with Gasteiger partial charge in [0.15, 0.2) is 5.96 Å². The summed E-state index contributed by atoms with van der Waals surface area (Å²) in [6, 6.07) is -1.41. The first-order chi connectivity index (χ1) is 8.88. The van der Waals surface area contributed by atoms with Gasteiger partial charge in [0.25, 0.3) is 0 Å². The molecule has 0 spiro atoms. The Morgan fingerprint density at radius 1 is 1.37 bits per heavy atom. The highest BCUT2D eigenvalue weighted by molar-refractivity contribution is 5.87. The Bertz CT molecular complexity index is 328. The third-order valence-electron chi connectivity index (χ3n) is 2.30. The summed E-state index contributed by atoms with van der Waals surface area (Å²) in [4.78, 5) is 26.8. The van der Waals surface area contributed by atoms with E-state index in [9.17, 15) is 9.59 Å². The lowest BCUT2D eigenvalue weighted by molar-refractivity contribution is -0.147. The SMILES string of the molecule is CCOC(=O)[C@H](C)NC(=O)[C@@H](N)CCCN=C(N)N. The summed E-state index contributed by atoms with van der Waals surface area (Å²) in [5.74, 6) is -0.872. The van der Waals surface area contributed by atoms with Crippen molar-refractivity contribution < 1.29 is 14.3 Å². The maximum absolute atomic E-state index is 11.7. The molecule has 8 nitrogen and oxygen atoms in total. The number of hydrogen-bond donors (Lipinski definition) is 4. The highest BCUT2D eigenvalue weighted by atomic mass is 16.5. The Kier molecular flexibility index (Phi) is 8.27. The molecule has 8 heteroatoms. The Balaban J connectivity index is 3.99. The molecule has 0 unspecified atom stereocenters. The van der Waals surface area contributed by atoms with E-state index in [4.69, 9.17) is 21.9 Å². The van der Waals surface area contributed by atoms with Crippen LogP contribution in [0.5, 0.6) is 0 Å². The second-order valence-corrected chi connectivity index (χ2v) is 4.04. The van der Waals surface area contributed by atoms with Crippen LogP contribution < -0.4 is 22.5 Å². The quantitative estimate of drug-likeness (QED) is 0.182. The van der Waals surface area contributed by atoms with E-state index in [1.165, 1.54) is 0 Å². The fraction of sp³-hybridized carbons (Fsp3) is 0.727. The van der Waals surface area contributed by atoms with E-state index in [-0.39, 0.29) is 12.6 Å². The van der Waals surface area contributed by atoms with Gasteiger partial charge in [0.1, 0.15) is 6.04 Å². The number of carbonyl (C=O) groups is 2. The number of nitrogens with two attached hydrogens (primary N) is 3. The summed E-state index contributed by atoms with van der Waals surface area (Å²) in [5.41, 5.74) is 16.0. The highest BCUT2D eigenvalue weighted by Gasteiger charge is 2.20. The lowest BCUT2D eigenvalue weighted by Gasteiger charge is -2.16. The van der Waals surface area contributed by atoms with Gasteiger partial charge in [-0.3, -0.25) is 9.79 Å².